The first-order chi connectivity index (χ1) is 9.74. The Kier molecular flexibility index (Phi) is 2.10. The molecular weight excluding hydrogens is 244 g/mol. The normalized spacial score (nSPS) is 19.4. The molecule has 0 fully saturated rings. The number of hydrogen-bond donors (Lipinski definition) is 1. The summed E-state index contributed by atoms with van der Waals surface area (Å²) in [5.74, 6) is 2.57. The zero-order valence-electron chi connectivity index (χ0n) is 10.8. The highest BCUT2D eigenvalue weighted by Crippen LogP contribution is 2.48. The van der Waals surface area contributed by atoms with E-state index in [1.165, 1.54) is 0 Å². The quantitative estimate of drug-likeness (QED) is 0.608. The van der Waals surface area contributed by atoms with Crippen LogP contribution in [0.2, 0.25) is 0 Å². The summed E-state index contributed by atoms with van der Waals surface area (Å²) in [6, 6.07) is 20.0. The highest BCUT2D eigenvalue weighted by molar-refractivity contribution is 5.93. The van der Waals surface area contributed by atoms with E-state index < -0.39 is 5.60 Å². The molecule has 0 spiro atoms. The Labute approximate surface area is 117 Å². The smallest absolute Gasteiger partial charge is 0.177 e. The van der Waals surface area contributed by atoms with Crippen LogP contribution in [0.15, 0.2) is 60.7 Å². The van der Waals surface area contributed by atoms with Crippen LogP contribution in [0.25, 0.3) is 21.9 Å². The Morgan fingerprint density at radius 1 is 0.800 bits per heavy atom. The largest absolute Gasteiger partial charge is 0.369 e. The van der Waals surface area contributed by atoms with Crippen molar-refractivity contribution in [1.29, 1.82) is 0 Å². The van der Waals surface area contributed by atoms with Gasteiger partial charge in [-0.05, 0) is 34.0 Å². The van der Waals surface area contributed by atoms with Gasteiger partial charge in [-0.2, -0.15) is 0 Å². The minimum absolute atomic E-state index is 0.799. The molecule has 1 atom stereocenters. The zero-order chi connectivity index (χ0) is 13.7. The first-order valence-electron chi connectivity index (χ1n) is 6.57. The lowest BCUT2D eigenvalue weighted by atomic mass is 9.91. The molecule has 0 aliphatic heterocycles. The molecule has 3 aromatic carbocycles. The third-order valence-electron chi connectivity index (χ3n) is 4.09. The van der Waals surface area contributed by atoms with Crippen molar-refractivity contribution in [2.45, 2.75) is 5.60 Å². The SMILES string of the molecule is C#CC1(O)c2ccccc2-c2cc3ccccc3cc21. The Hall–Kier alpha value is -2.56. The van der Waals surface area contributed by atoms with Gasteiger partial charge in [0.05, 0.1) is 0 Å². The molecule has 0 aromatic heterocycles. The van der Waals surface area contributed by atoms with Crippen LogP contribution in [-0.4, -0.2) is 5.11 Å². The fraction of sp³-hybridized carbons (Fsp3) is 0.0526. The van der Waals surface area contributed by atoms with E-state index in [9.17, 15) is 5.11 Å². The van der Waals surface area contributed by atoms with E-state index in [4.69, 9.17) is 6.42 Å². The monoisotopic (exact) mass is 256 g/mol. The van der Waals surface area contributed by atoms with Crippen molar-refractivity contribution in [2.75, 3.05) is 0 Å². The Balaban J connectivity index is 2.17. The summed E-state index contributed by atoms with van der Waals surface area (Å²) < 4.78 is 0. The summed E-state index contributed by atoms with van der Waals surface area (Å²) in [5, 5.41) is 13.2. The molecule has 0 bridgehead atoms. The van der Waals surface area contributed by atoms with Gasteiger partial charge in [0.2, 0.25) is 0 Å². The first-order valence-corrected chi connectivity index (χ1v) is 6.57. The number of fused-ring (bicyclic) bond motifs is 4. The number of terminal acetylenes is 1. The van der Waals surface area contributed by atoms with Gasteiger partial charge in [0, 0.05) is 11.1 Å². The molecule has 1 N–H and O–H groups in total. The molecule has 4 rings (SSSR count). The van der Waals surface area contributed by atoms with Gasteiger partial charge in [0.1, 0.15) is 0 Å². The molecule has 0 amide bonds. The molecule has 1 aliphatic rings. The Morgan fingerprint density at radius 2 is 1.45 bits per heavy atom. The van der Waals surface area contributed by atoms with Crippen molar-refractivity contribution in [1.82, 2.24) is 0 Å². The summed E-state index contributed by atoms with van der Waals surface area (Å²) in [6.07, 6.45) is 5.64. The van der Waals surface area contributed by atoms with Crippen molar-refractivity contribution in [2.24, 2.45) is 0 Å². The van der Waals surface area contributed by atoms with E-state index >= 15 is 0 Å². The average Bonchev–Trinajstić information content (AvgIpc) is 2.76. The molecule has 0 radical (unpaired) electrons. The number of hydrogen-bond acceptors (Lipinski definition) is 1. The third kappa shape index (κ3) is 1.27. The fourth-order valence-corrected chi connectivity index (χ4v) is 3.10. The Morgan fingerprint density at radius 3 is 2.20 bits per heavy atom. The number of rotatable bonds is 0. The molecule has 1 aliphatic carbocycles. The predicted octanol–water partition coefficient (Wildman–Crippen LogP) is 3.69. The van der Waals surface area contributed by atoms with Crippen molar-refractivity contribution in [3.63, 3.8) is 0 Å². The fourth-order valence-electron chi connectivity index (χ4n) is 3.10. The van der Waals surface area contributed by atoms with Crippen molar-refractivity contribution in [3.8, 4) is 23.5 Å². The lowest BCUT2D eigenvalue weighted by molar-refractivity contribution is 0.150. The van der Waals surface area contributed by atoms with Crippen molar-refractivity contribution < 1.29 is 5.11 Å². The molecule has 94 valence electrons. The summed E-state index contributed by atoms with van der Waals surface area (Å²) in [6.45, 7) is 0. The van der Waals surface area contributed by atoms with Gasteiger partial charge in [-0.15, -0.1) is 6.42 Å². The topological polar surface area (TPSA) is 20.2 Å². The van der Waals surface area contributed by atoms with E-state index in [0.717, 1.165) is 33.0 Å². The maximum absolute atomic E-state index is 10.9. The van der Waals surface area contributed by atoms with Crippen LogP contribution >= 0.6 is 0 Å². The van der Waals surface area contributed by atoms with E-state index in [-0.39, 0.29) is 0 Å². The number of benzene rings is 3. The first kappa shape index (κ1) is 11.3. The second-order valence-corrected chi connectivity index (χ2v) is 5.15. The lowest BCUT2D eigenvalue weighted by Crippen LogP contribution is -2.21. The maximum Gasteiger partial charge on any atom is 0.177 e. The third-order valence-corrected chi connectivity index (χ3v) is 4.09. The van der Waals surface area contributed by atoms with Gasteiger partial charge >= 0.3 is 0 Å². The molecule has 0 saturated heterocycles. The van der Waals surface area contributed by atoms with Crippen LogP contribution in [0, 0.1) is 12.3 Å². The van der Waals surface area contributed by atoms with E-state index in [1.807, 2.05) is 48.5 Å². The zero-order valence-corrected chi connectivity index (χ0v) is 10.8. The molecule has 3 aromatic rings. The van der Waals surface area contributed by atoms with E-state index in [1.54, 1.807) is 0 Å². The molecule has 1 heteroatoms. The Bertz CT molecular complexity index is 886. The summed E-state index contributed by atoms with van der Waals surface area (Å²) in [7, 11) is 0. The molecule has 1 nitrogen and oxygen atoms in total. The minimum atomic E-state index is -1.32. The maximum atomic E-state index is 10.9. The van der Waals surface area contributed by atoms with Crippen LogP contribution in [0.1, 0.15) is 11.1 Å². The molecule has 0 saturated carbocycles. The van der Waals surface area contributed by atoms with Crippen molar-refractivity contribution in [3.05, 3.63) is 71.8 Å². The van der Waals surface area contributed by atoms with Crippen LogP contribution in [0.3, 0.4) is 0 Å². The van der Waals surface area contributed by atoms with Gasteiger partial charge < -0.3 is 5.11 Å². The molecule has 1 unspecified atom stereocenters. The van der Waals surface area contributed by atoms with Gasteiger partial charge in [-0.3, -0.25) is 0 Å². The van der Waals surface area contributed by atoms with Crippen LogP contribution in [0.5, 0.6) is 0 Å². The van der Waals surface area contributed by atoms with Gasteiger partial charge in [-0.25, -0.2) is 0 Å². The highest BCUT2D eigenvalue weighted by atomic mass is 16.3. The summed E-state index contributed by atoms with van der Waals surface area (Å²) >= 11 is 0. The number of aliphatic hydroxyl groups is 1. The van der Waals surface area contributed by atoms with Gasteiger partial charge in [0.25, 0.3) is 0 Å². The molecular formula is C19H12O. The average molecular weight is 256 g/mol. The standard InChI is InChI=1S/C19H12O/c1-2-19(20)17-10-6-5-9-15(17)16-11-13-7-3-4-8-14(13)12-18(16)19/h1,3-12,20H. The van der Waals surface area contributed by atoms with Crippen LogP contribution in [0.4, 0.5) is 0 Å². The van der Waals surface area contributed by atoms with E-state index in [2.05, 4.69) is 18.1 Å². The van der Waals surface area contributed by atoms with Crippen LogP contribution < -0.4 is 0 Å². The van der Waals surface area contributed by atoms with E-state index in [0.29, 0.717) is 0 Å². The van der Waals surface area contributed by atoms with Crippen LogP contribution in [-0.2, 0) is 5.60 Å². The summed E-state index contributed by atoms with van der Waals surface area (Å²) in [5.41, 5.74) is 2.33. The van der Waals surface area contributed by atoms with Gasteiger partial charge in [-0.1, -0.05) is 54.5 Å². The summed E-state index contributed by atoms with van der Waals surface area (Å²) in [4.78, 5) is 0. The second kappa shape index (κ2) is 3.72. The second-order valence-electron chi connectivity index (χ2n) is 5.15. The minimum Gasteiger partial charge on any atom is -0.369 e. The predicted molar refractivity (Wildman–Crippen MR) is 81.2 cm³/mol. The lowest BCUT2D eigenvalue weighted by Gasteiger charge is -2.19. The van der Waals surface area contributed by atoms with Crippen molar-refractivity contribution >= 4 is 10.8 Å². The highest BCUT2D eigenvalue weighted by Gasteiger charge is 2.40. The molecule has 20 heavy (non-hydrogen) atoms. The molecule has 0 heterocycles. The van der Waals surface area contributed by atoms with Gasteiger partial charge in [0.15, 0.2) is 5.60 Å².